The number of benzene rings is 6. The molecule has 6 heterocycles. The van der Waals surface area contributed by atoms with Gasteiger partial charge in [-0.15, -0.1) is 0 Å². The number of aliphatic hydroxyl groups is 1. The lowest BCUT2D eigenvalue weighted by atomic mass is 9.65. The predicted molar refractivity (Wildman–Crippen MR) is 304 cm³/mol. The lowest BCUT2D eigenvalue weighted by Gasteiger charge is -2.37. The predicted octanol–water partition coefficient (Wildman–Crippen LogP) is 7.60. The molecule has 3 fully saturated rings. The highest BCUT2D eigenvalue weighted by atomic mass is 16.7. The standard InChI is InChI=1S/C21H19N3O7.C21H21NO7.C21H20O8/c1-27-15-3-9(4-16(28-2)20(15)25)17-10-5-13-14(31-8-30-13)6-11(10)19(23-24-22)12-7-29-21(26)18(12)17;2*1-25-15-3-9(4-16(26-2)20(15)23)17-10-5-13-14(29-8-28-13)6-11(10)19(22)12-7-27-21(24)18(12)17/h3-6,12,17-19,25H,7-8H2,1-2H3;3-6,12,17-19,23H,7-8,22H2,1-2H3;3-6,12,17-19,22-23H,7-8H2,1-2H3/t3*12-,17+,18-,19+/m000/s1. The second-order valence-corrected chi connectivity index (χ2v) is 22.3. The van der Waals surface area contributed by atoms with Crippen LogP contribution in [0.5, 0.6) is 86.2 Å². The summed E-state index contributed by atoms with van der Waals surface area (Å²) in [5.74, 6) is -0.292. The Morgan fingerprint density at radius 1 is 0.427 bits per heavy atom. The highest BCUT2D eigenvalue weighted by Gasteiger charge is 2.55. The summed E-state index contributed by atoms with van der Waals surface area (Å²) >= 11 is 0. The molecule has 0 unspecified atom stereocenters. The summed E-state index contributed by atoms with van der Waals surface area (Å²) in [5, 5.41) is 45.9. The van der Waals surface area contributed by atoms with Crippen molar-refractivity contribution in [2.75, 3.05) is 82.9 Å². The summed E-state index contributed by atoms with van der Waals surface area (Å²) < 4.78 is 81.2. The summed E-state index contributed by atoms with van der Waals surface area (Å²) in [7, 11) is 8.70. The monoisotopic (exact) mass is 1220 g/mol. The largest absolute Gasteiger partial charge is 0.502 e. The zero-order chi connectivity index (χ0) is 62.3. The van der Waals surface area contributed by atoms with Crippen LogP contribution in [0, 0.1) is 35.5 Å². The Bertz CT molecular complexity index is 3690. The van der Waals surface area contributed by atoms with Gasteiger partial charge in [0.05, 0.1) is 92.4 Å². The lowest BCUT2D eigenvalue weighted by molar-refractivity contribution is -0.142. The molecule has 26 heteroatoms. The van der Waals surface area contributed by atoms with Gasteiger partial charge in [0.2, 0.25) is 37.6 Å². The molecule has 0 bridgehead atoms. The van der Waals surface area contributed by atoms with Crippen LogP contribution in [0.4, 0.5) is 0 Å². The molecule has 6 aromatic rings. The van der Waals surface area contributed by atoms with E-state index in [0.29, 0.717) is 51.2 Å². The molecule has 12 atom stereocenters. The smallest absolute Gasteiger partial charge is 0.310 e. The second kappa shape index (κ2) is 22.9. The zero-order valence-corrected chi connectivity index (χ0v) is 48.7. The molecular formula is C63H60N4O22. The average Bonchev–Trinajstić information content (AvgIpc) is 1.77. The van der Waals surface area contributed by atoms with Crippen LogP contribution in [-0.2, 0) is 28.6 Å². The quantitative estimate of drug-likeness (QED) is 0.0290. The van der Waals surface area contributed by atoms with Gasteiger partial charge >= 0.3 is 17.9 Å². The summed E-state index contributed by atoms with van der Waals surface area (Å²) in [6.45, 7) is 0.889. The van der Waals surface area contributed by atoms with Gasteiger partial charge in [0.25, 0.3) is 0 Å². The first-order chi connectivity index (χ1) is 43.1. The molecule has 3 saturated heterocycles. The topological polar surface area (TPSA) is 345 Å². The van der Waals surface area contributed by atoms with Crippen LogP contribution < -0.4 is 62.6 Å². The molecule has 0 saturated carbocycles. The van der Waals surface area contributed by atoms with E-state index in [4.69, 9.17) is 76.8 Å². The number of azide groups is 1. The number of fused-ring (bicyclic) bond motifs is 9. The van der Waals surface area contributed by atoms with E-state index in [-0.39, 0.29) is 134 Å². The number of hydrogen-bond acceptors (Lipinski definition) is 24. The third kappa shape index (κ3) is 9.47. The van der Waals surface area contributed by atoms with Gasteiger partial charge in [0, 0.05) is 46.5 Å². The number of phenols is 3. The van der Waals surface area contributed by atoms with Gasteiger partial charge in [-0.2, -0.15) is 0 Å². The highest BCUT2D eigenvalue weighted by molar-refractivity contribution is 5.81. The second-order valence-electron chi connectivity index (χ2n) is 22.3. The van der Waals surface area contributed by atoms with E-state index in [9.17, 15) is 40.3 Å². The van der Waals surface area contributed by atoms with E-state index in [1.807, 2.05) is 18.2 Å². The number of methoxy groups -OCH3 is 6. The Morgan fingerprint density at radius 2 is 0.719 bits per heavy atom. The van der Waals surface area contributed by atoms with Crippen LogP contribution in [0.3, 0.4) is 0 Å². The third-order valence-electron chi connectivity index (χ3n) is 18.3. The normalized spacial score (nSPS) is 26.0. The Kier molecular flexibility index (Phi) is 14.9. The number of cyclic esters (lactones) is 3. The number of carbonyl (C=O) groups is 3. The molecule has 0 spiro atoms. The van der Waals surface area contributed by atoms with Crippen LogP contribution in [-0.4, -0.2) is 121 Å². The van der Waals surface area contributed by atoms with Crippen LogP contribution in [0.2, 0.25) is 0 Å². The number of nitrogens with zero attached hydrogens (tertiary/aromatic N) is 3. The minimum Gasteiger partial charge on any atom is -0.502 e. The van der Waals surface area contributed by atoms with E-state index in [1.54, 1.807) is 54.6 Å². The molecule has 3 aliphatic carbocycles. The number of ether oxygens (including phenoxy) is 15. The fraction of sp³-hybridized carbons (Fsp3) is 0.381. The highest BCUT2D eigenvalue weighted by Crippen LogP contribution is 2.60. The summed E-state index contributed by atoms with van der Waals surface area (Å²) in [6, 6.07) is 20.1. The molecule has 9 aliphatic rings. The minimum atomic E-state index is -0.867. The molecule has 0 amide bonds. The molecule has 6 aliphatic heterocycles. The maximum absolute atomic E-state index is 12.8. The van der Waals surface area contributed by atoms with Gasteiger partial charge < -0.3 is 97.2 Å². The van der Waals surface area contributed by atoms with Gasteiger partial charge in [-0.05, 0) is 128 Å². The summed E-state index contributed by atoms with van der Waals surface area (Å²) in [5.41, 5.74) is 22.6. The minimum absolute atomic E-state index is 0.0881. The average molecular weight is 1230 g/mol. The number of rotatable bonds is 10. The van der Waals surface area contributed by atoms with Crippen LogP contribution >= 0.6 is 0 Å². The number of carbonyl (C=O) groups excluding carboxylic acids is 3. The van der Waals surface area contributed by atoms with Crippen molar-refractivity contribution in [3.63, 3.8) is 0 Å². The summed E-state index contributed by atoms with van der Waals surface area (Å²) in [6.07, 6.45) is -0.867. The number of phenolic OH excluding ortho intramolecular Hbond substituents is 3. The Balaban J connectivity index is 0.000000123. The van der Waals surface area contributed by atoms with Crippen LogP contribution in [0.15, 0.2) is 77.9 Å². The molecule has 0 radical (unpaired) electrons. The third-order valence-corrected chi connectivity index (χ3v) is 18.3. The van der Waals surface area contributed by atoms with E-state index < -0.39 is 47.7 Å². The molecule has 89 heavy (non-hydrogen) atoms. The van der Waals surface area contributed by atoms with Crippen molar-refractivity contribution in [1.82, 2.24) is 0 Å². The van der Waals surface area contributed by atoms with Crippen molar-refractivity contribution in [2.24, 2.45) is 46.4 Å². The first-order valence-corrected chi connectivity index (χ1v) is 28.3. The van der Waals surface area contributed by atoms with Gasteiger partial charge in [0.1, 0.15) is 0 Å². The number of hydrogen-bond donors (Lipinski definition) is 5. The van der Waals surface area contributed by atoms with Gasteiger partial charge in [0.15, 0.2) is 69.0 Å². The fourth-order valence-corrected chi connectivity index (χ4v) is 14.2. The maximum Gasteiger partial charge on any atom is 0.310 e. The first-order valence-electron chi connectivity index (χ1n) is 28.3. The van der Waals surface area contributed by atoms with E-state index in [2.05, 4.69) is 10.0 Å². The van der Waals surface area contributed by atoms with Crippen LogP contribution in [0.25, 0.3) is 10.4 Å². The lowest BCUT2D eigenvalue weighted by Crippen LogP contribution is -2.38. The van der Waals surface area contributed by atoms with Crippen molar-refractivity contribution in [3.05, 3.63) is 133 Å². The molecule has 0 aromatic heterocycles. The fourth-order valence-electron chi connectivity index (χ4n) is 14.2. The molecule has 464 valence electrons. The van der Waals surface area contributed by atoms with Crippen molar-refractivity contribution < 1.29 is 106 Å². The van der Waals surface area contributed by atoms with E-state index >= 15 is 0 Å². The van der Waals surface area contributed by atoms with E-state index in [1.165, 1.54) is 42.7 Å². The SMILES string of the molecule is COc1cc([C@@H]2c3cc4c(cc3[C@@H](N)[C@H]3COC(=O)[C@H]23)OCO4)cc(OC)c1O.COc1cc([C@@H]2c3cc4c(cc3[C@@H](N=[N+]=[N-])[C@H]3COC(=O)[C@H]23)OCO4)cc(OC)c1O.COc1cc([C@@H]2c3cc4c(cc3[C@@H](O)[C@H]3COC(=O)[C@H]23)OCO4)cc(OC)c1O. The maximum atomic E-state index is 12.8. The van der Waals surface area contributed by atoms with Gasteiger partial charge in [-0.25, -0.2) is 0 Å². The zero-order valence-electron chi connectivity index (χ0n) is 48.7. The molecule has 15 rings (SSSR count). The Hall–Kier alpha value is -10.0. The molecule has 26 nitrogen and oxygen atoms in total. The van der Waals surface area contributed by atoms with Gasteiger partial charge in [-0.1, -0.05) is 5.11 Å². The van der Waals surface area contributed by atoms with Crippen molar-refractivity contribution in [1.29, 1.82) is 0 Å². The van der Waals surface area contributed by atoms with Crippen molar-refractivity contribution in [2.45, 2.75) is 35.9 Å². The summed E-state index contributed by atoms with van der Waals surface area (Å²) in [4.78, 5) is 41.2. The molecule has 6 N–H and O–H groups in total. The number of aromatic hydroxyl groups is 3. The van der Waals surface area contributed by atoms with E-state index in [0.717, 1.165) is 33.4 Å². The van der Waals surface area contributed by atoms with Gasteiger partial charge in [-0.3, -0.25) is 14.4 Å². The van der Waals surface area contributed by atoms with Crippen LogP contribution in [0.1, 0.15) is 86.0 Å². The van der Waals surface area contributed by atoms with Crippen molar-refractivity contribution >= 4 is 17.9 Å². The number of aliphatic hydroxyl groups excluding tert-OH is 1. The first kappa shape index (κ1) is 58.0. The molecular weight excluding hydrogens is 1160 g/mol. The Labute approximate surface area is 506 Å². The molecule has 6 aromatic carbocycles. The van der Waals surface area contributed by atoms with Crippen molar-refractivity contribution in [3.8, 4) is 86.2 Å². The Morgan fingerprint density at radius 3 is 1.09 bits per heavy atom. The number of esters is 3. The number of nitrogens with two attached hydrogens (primary N) is 1.